The molecule has 1 fully saturated rings. The zero-order valence-corrected chi connectivity index (χ0v) is 10.9. The molecule has 3 rings (SSSR count). The minimum Gasteiger partial charge on any atom is -0.334 e. The van der Waals surface area contributed by atoms with Gasteiger partial charge >= 0.3 is 0 Å². The van der Waals surface area contributed by atoms with Crippen molar-refractivity contribution in [3.8, 4) is 0 Å². The van der Waals surface area contributed by atoms with Crippen molar-refractivity contribution in [1.29, 1.82) is 0 Å². The first-order valence-corrected chi connectivity index (χ1v) is 7.17. The van der Waals surface area contributed by atoms with E-state index < -0.39 is 0 Å². The molecular weight excluding hydrogens is 230 g/mol. The zero-order chi connectivity index (χ0) is 11.7. The quantitative estimate of drug-likeness (QED) is 0.828. The van der Waals surface area contributed by atoms with Gasteiger partial charge in [0, 0.05) is 11.4 Å². The van der Waals surface area contributed by atoms with Gasteiger partial charge in [-0.2, -0.15) is 0 Å². The van der Waals surface area contributed by atoms with Gasteiger partial charge in [-0.25, -0.2) is 0 Å². The molecule has 0 aromatic carbocycles. The SMILES string of the molecule is Cc1ccc(NC2=NC3(CCCC3)CS2)cn1. The van der Waals surface area contributed by atoms with Gasteiger partial charge in [0.25, 0.3) is 0 Å². The lowest BCUT2D eigenvalue weighted by molar-refractivity contribution is 0.508. The predicted molar refractivity (Wildman–Crippen MR) is 73.7 cm³/mol. The maximum absolute atomic E-state index is 4.88. The van der Waals surface area contributed by atoms with Gasteiger partial charge in [0.15, 0.2) is 5.17 Å². The van der Waals surface area contributed by atoms with E-state index in [1.54, 1.807) is 0 Å². The molecule has 1 aromatic rings. The van der Waals surface area contributed by atoms with Crippen molar-refractivity contribution in [3.05, 3.63) is 24.0 Å². The van der Waals surface area contributed by atoms with Crippen LogP contribution < -0.4 is 5.32 Å². The molecule has 0 unspecified atom stereocenters. The van der Waals surface area contributed by atoms with Crippen LogP contribution in [-0.2, 0) is 0 Å². The number of thioether (sulfide) groups is 1. The fourth-order valence-corrected chi connectivity index (χ4v) is 3.71. The van der Waals surface area contributed by atoms with Gasteiger partial charge in [0.05, 0.1) is 17.4 Å². The van der Waals surface area contributed by atoms with E-state index in [9.17, 15) is 0 Å². The summed E-state index contributed by atoms with van der Waals surface area (Å²) in [6.45, 7) is 2.00. The van der Waals surface area contributed by atoms with Crippen LogP contribution >= 0.6 is 11.8 Å². The number of hydrogen-bond acceptors (Lipinski definition) is 4. The molecule has 4 heteroatoms. The average molecular weight is 247 g/mol. The number of hydrogen-bond donors (Lipinski definition) is 1. The van der Waals surface area contributed by atoms with Crippen LogP contribution in [0.15, 0.2) is 23.3 Å². The number of aromatic nitrogens is 1. The Morgan fingerprint density at radius 1 is 1.29 bits per heavy atom. The summed E-state index contributed by atoms with van der Waals surface area (Å²) in [7, 11) is 0. The average Bonchev–Trinajstić information content (AvgIpc) is 2.94. The summed E-state index contributed by atoms with van der Waals surface area (Å²) in [6.07, 6.45) is 7.07. The lowest BCUT2D eigenvalue weighted by Crippen LogP contribution is -2.21. The second kappa shape index (κ2) is 4.33. The summed E-state index contributed by atoms with van der Waals surface area (Å²) in [5.74, 6) is 1.15. The lowest BCUT2D eigenvalue weighted by Gasteiger charge is -2.16. The molecule has 1 N–H and O–H groups in total. The Kier molecular flexibility index (Phi) is 2.82. The van der Waals surface area contributed by atoms with Gasteiger partial charge in [0.2, 0.25) is 0 Å². The molecule has 1 aliphatic heterocycles. The standard InChI is InChI=1S/C13H17N3S/c1-10-4-5-11(8-14-10)15-12-16-13(9-17-12)6-2-3-7-13/h4-5,8H,2-3,6-7,9H2,1H3,(H,15,16). The number of aliphatic imine (C=N–C) groups is 1. The molecule has 1 spiro atoms. The summed E-state index contributed by atoms with van der Waals surface area (Å²) in [6, 6.07) is 4.08. The summed E-state index contributed by atoms with van der Waals surface area (Å²) in [5.41, 5.74) is 2.34. The number of anilines is 1. The van der Waals surface area contributed by atoms with Crippen LogP contribution in [0, 0.1) is 6.92 Å². The molecule has 2 aliphatic rings. The van der Waals surface area contributed by atoms with Gasteiger partial charge in [-0.3, -0.25) is 9.98 Å². The normalized spacial score (nSPS) is 21.8. The van der Waals surface area contributed by atoms with Crippen LogP contribution in [0.5, 0.6) is 0 Å². The number of nitrogens with zero attached hydrogens (tertiary/aromatic N) is 2. The Balaban J connectivity index is 1.72. The van der Waals surface area contributed by atoms with E-state index in [1.807, 2.05) is 30.9 Å². The van der Waals surface area contributed by atoms with E-state index in [1.165, 1.54) is 25.7 Å². The van der Waals surface area contributed by atoms with Gasteiger partial charge in [-0.15, -0.1) is 0 Å². The fourth-order valence-electron chi connectivity index (χ4n) is 2.50. The Morgan fingerprint density at radius 3 is 2.82 bits per heavy atom. The van der Waals surface area contributed by atoms with E-state index >= 15 is 0 Å². The summed E-state index contributed by atoms with van der Waals surface area (Å²) < 4.78 is 0. The van der Waals surface area contributed by atoms with Crippen LogP contribution in [0.3, 0.4) is 0 Å². The molecule has 0 radical (unpaired) electrons. The van der Waals surface area contributed by atoms with Crippen molar-refractivity contribution in [2.24, 2.45) is 4.99 Å². The van der Waals surface area contributed by atoms with Crippen molar-refractivity contribution in [2.75, 3.05) is 11.1 Å². The first kappa shape index (κ1) is 11.1. The summed E-state index contributed by atoms with van der Waals surface area (Å²) >= 11 is 1.85. The number of amidine groups is 1. The minimum atomic E-state index is 0.255. The Hall–Kier alpha value is -1.03. The van der Waals surface area contributed by atoms with E-state index in [0.29, 0.717) is 0 Å². The Morgan fingerprint density at radius 2 is 2.12 bits per heavy atom. The van der Waals surface area contributed by atoms with Crippen molar-refractivity contribution in [3.63, 3.8) is 0 Å². The third-order valence-corrected chi connectivity index (χ3v) is 4.66. The second-order valence-corrected chi connectivity index (χ2v) is 5.91. The van der Waals surface area contributed by atoms with Crippen LogP contribution in [0.25, 0.3) is 0 Å². The third kappa shape index (κ3) is 2.32. The predicted octanol–water partition coefficient (Wildman–Crippen LogP) is 3.22. The maximum atomic E-state index is 4.88. The molecular formula is C13H17N3S. The summed E-state index contributed by atoms with van der Waals surface area (Å²) in [5, 5.41) is 4.44. The molecule has 0 bridgehead atoms. The highest BCUT2D eigenvalue weighted by atomic mass is 32.2. The lowest BCUT2D eigenvalue weighted by atomic mass is 10.0. The van der Waals surface area contributed by atoms with Crippen molar-refractivity contribution in [1.82, 2.24) is 4.98 Å². The van der Waals surface area contributed by atoms with Crippen LogP contribution in [0.1, 0.15) is 31.4 Å². The second-order valence-electron chi connectivity index (χ2n) is 4.95. The molecule has 1 aromatic heterocycles. The first-order valence-electron chi connectivity index (χ1n) is 6.18. The zero-order valence-electron chi connectivity index (χ0n) is 10.1. The Labute approximate surface area is 106 Å². The smallest absolute Gasteiger partial charge is 0.161 e. The molecule has 1 saturated carbocycles. The largest absolute Gasteiger partial charge is 0.334 e. The number of pyridine rings is 1. The van der Waals surface area contributed by atoms with Gasteiger partial charge in [-0.05, 0) is 31.9 Å². The van der Waals surface area contributed by atoms with Crippen LogP contribution in [0.4, 0.5) is 5.69 Å². The highest BCUT2D eigenvalue weighted by Gasteiger charge is 2.38. The fraction of sp³-hybridized carbons (Fsp3) is 0.538. The number of aryl methyl sites for hydroxylation is 1. The van der Waals surface area contributed by atoms with E-state index in [2.05, 4.69) is 16.4 Å². The maximum Gasteiger partial charge on any atom is 0.161 e. The van der Waals surface area contributed by atoms with E-state index in [-0.39, 0.29) is 5.54 Å². The number of nitrogens with one attached hydrogen (secondary N) is 1. The highest BCUT2D eigenvalue weighted by Crippen LogP contribution is 2.41. The van der Waals surface area contributed by atoms with Crippen molar-refractivity contribution >= 4 is 22.6 Å². The molecule has 17 heavy (non-hydrogen) atoms. The topological polar surface area (TPSA) is 37.3 Å². The molecule has 0 saturated heterocycles. The first-order chi connectivity index (χ1) is 8.26. The molecule has 90 valence electrons. The Bertz CT molecular complexity index is 432. The third-order valence-electron chi connectivity index (χ3n) is 3.51. The van der Waals surface area contributed by atoms with Crippen molar-refractivity contribution in [2.45, 2.75) is 38.1 Å². The molecule has 1 aliphatic carbocycles. The van der Waals surface area contributed by atoms with Gasteiger partial charge in [-0.1, -0.05) is 24.6 Å². The number of rotatable bonds is 1. The molecule has 0 amide bonds. The van der Waals surface area contributed by atoms with Crippen LogP contribution in [-0.4, -0.2) is 21.4 Å². The van der Waals surface area contributed by atoms with Gasteiger partial charge in [0.1, 0.15) is 0 Å². The van der Waals surface area contributed by atoms with E-state index in [4.69, 9.17) is 4.99 Å². The highest BCUT2D eigenvalue weighted by molar-refractivity contribution is 8.14. The minimum absolute atomic E-state index is 0.255. The van der Waals surface area contributed by atoms with E-state index in [0.717, 1.165) is 22.3 Å². The summed E-state index contributed by atoms with van der Waals surface area (Å²) in [4.78, 5) is 9.16. The van der Waals surface area contributed by atoms with Crippen molar-refractivity contribution < 1.29 is 0 Å². The molecule has 0 atom stereocenters. The molecule has 2 heterocycles. The molecule has 3 nitrogen and oxygen atoms in total. The van der Waals surface area contributed by atoms with Gasteiger partial charge < -0.3 is 5.32 Å². The van der Waals surface area contributed by atoms with Crippen LogP contribution in [0.2, 0.25) is 0 Å². The monoisotopic (exact) mass is 247 g/mol.